The van der Waals surface area contributed by atoms with Gasteiger partial charge >= 0.3 is 0 Å². The number of nitrogens with zero attached hydrogens (tertiary/aromatic N) is 3. The van der Waals surface area contributed by atoms with Gasteiger partial charge in [0.15, 0.2) is 0 Å². The maximum absolute atomic E-state index is 11.3. The van der Waals surface area contributed by atoms with Gasteiger partial charge in [-0.25, -0.2) is 4.98 Å². The quantitative estimate of drug-likeness (QED) is 0.699. The van der Waals surface area contributed by atoms with E-state index in [1.807, 2.05) is 48.5 Å². The summed E-state index contributed by atoms with van der Waals surface area (Å²) in [5.41, 5.74) is 2.44. The molecule has 6 nitrogen and oxygen atoms in total. The summed E-state index contributed by atoms with van der Waals surface area (Å²) in [6, 6.07) is 15.5. The molecule has 0 bridgehead atoms. The Balaban J connectivity index is 1.99. The number of anilines is 4. The van der Waals surface area contributed by atoms with E-state index in [2.05, 4.69) is 34.4 Å². The molecule has 0 aliphatic carbocycles. The highest BCUT2D eigenvalue weighted by Gasteiger charge is 2.12. The van der Waals surface area contributed by atoms with E-state index in [-0.39, 0.29) is 5.91 Å². The number of nitrogens with one attached hydrogen (secondary N) is 2. The Morgan fingerprint density at radius 2 is 1.73 bits per heavy atom. The molecule has 134 valence electrons. The second-order valence-electron chi connectivity index (χ2n) is 5.95. The third kappa shape index (κ3) is 3.91. The number of hydrogen-bond acceptors (Lipinski definition) is 5. The van der Waals surface area contributed by atoms with E-state index in [0.717, 1.165) is 41.2 Å². The van der Waals surface area contributed by atoms with Crippen LogP contribution in [0.15, 0.2) is 48.5 Å². The van der Waals surface area contributed by atoms with Gasteiger partial charge in [-0.3, -0.25) is 4.79 Å². The third-order valence-electron chi connectivity index (χ3n) is 4.09. The average Bonchev–Trinajstić information content (AvgIpc) is 2.62. The lowest BCUT2D eigenvalue weighted by molar-refractivity contribution is -0.114. The maximum atomic E-state index is 11.3. The Morgan fingerprint density at radius 3 is 2.46 bits per heavy atom. The van der Waals surface area contributed by atoms with Gasteiger partial charge in [0, 0.05) is 36.8 Å². The van der Waals surface area contributed by atoms with Crippen molar-refractivity contribution >= 4 is 40.0 Å². The van der Waals surface area contributed by atoms with Crippen molar-refractivity contribution in [3.05, 3.63) is 48.5 Å². The zero-order chi connectivity index (χ0) is 18.5. The Bertz CT molecular complexity index is 921. The standard InChI is InChI=1S/C20H23N5O/c1-4-25(5-2)19-17-11-6-7-12-18(17)23-20(24-19)22-16-10-8-9-15(13-16)21-14(3)26/h6-13H,4-5H2,1-3H3,(H,21,26)(H,22,23,24). The molecule has 0 saturated carbocycles. The number of benzene rings is 2. The molecule has 1 amide bonds. The molecule has 26 heavy (non-hydrogen) atoms. The number of para-hydroxylation sites is 1. The second kappa shape index (κ2) is 7.82. The summed E-state index contributed by atoms with van der Waals surface area (Å²) in [7, 11) is 0. The van der Waals surface area contributed by atoms with Gasteiger partial charge in [-0.1, -0.05) is 18.2 Å². The van der Waals surface area contributed by atoms with Crippen LogP contribution in [0.1, 0.15) is 20.8 Å². The molecule has 1 heterocycles. The summed E-state index contributed by atoms with van der Waals surface area (Å²) in [5.74, 6) is 1.35. The fourth-order valence-corrected chi connectivity index (χ4v) is 2.89. The van der Waals surface area contributed by atoms with Crippen LogP contribution in [-0.2, 0) is 4.79 Å². The molecule has 0 radical (unpaired) electrons. The summed E-state index contributed by atoms with van der Waals surface area (Å²) >= 11 is 0. The van der Waals surface area contributed by atoms with Crippen LogP contribution in [0.25, 0.3) is 10.9 Å². The lowest BCUT2D eigenvalue weighted by Crippen LogP contribution is -2.23. The molecule has 2 aromatic carbocycles. The number of rotatable bonds is 6. The van der Waals surface area contributed by atoms with Gasteiger partial charge in [0.25, 0.3) is 0 Å². The van der Waals surface area contributed by atoms with Crippen LogP contribution in [0, 0.1) is 0 Å². The fraction of sp³-hybridized carbons (Fsp3) is 0.250. The smallest absolute Gasteiger partial charge is 0.229 e. The minimum atomic E-state index is -0.104. The SMILES string of the molecule is CCN(CC)c1nc(Nc2cccc(NC(C)=O)c2)nc2ccccc12. The van der Waals surface area contributed by atoms with E-state index in [9.17, 15) is 4.79 Å². The Kier molecular flexibility index (Phi) is 5.31. The highest BCUT2D eigenvalue weighted by molar-refractivity contribution is 5.91. The molecular weight excluding hydrogens is 326 g/mol. The topological polar surface area (TPSA) is 70.2 Å². The minimum absolute atomic E-state index is 0.104. The van der Waals surface area contributed by atoms with Crippen LogP contribution in [0.3, 0.4) is 0 Å². The van der Waals surface area contributed by atoms with Crippen LogP contribution in [0.5, 0.6) is 0 Å². The van der Waals surface area contributed by atoms with Crippen LogP contribution in [-0.4, -0.2) is 29.0 Å². The molecule has 0 aliphatic heterocycles. The zero-order valence-corrected chi connectivity index (χ0v) is 15.3. The van der Waals surface area contributed by atoms with Gasteiger partial charge in [-0.15, -0.1) is 0 Å². The van der Waals surface area contributed by atoms with Crippen LogP contribution in [0.2, 0.25) is 0 Å². The summed E-state index contributed by atoms with van der Waals surface area (Å²) in [6.45, 7) is 7.46. The molecule has 3 rings (SSSR count). The fourth-order valence-electron chi connectivity index (χ4n) is 2.89. The van der Waals surface area contributed by atoms with Crippen molar-refractivity contribution in [1.82, 2.24) is 9.97 Å². The predicted octanol–water partition coefficient (Wildman–Crippen LogP) is 4.18. The van der Waals surface area contributed by atoms with Gasteiger partial charge in [0.2, 0.25) is 11.9 Å². The van der Waals surface area contributed by atoms with Gasteiger partial charge in [0.1, 0.15) is 5.82 Å². The molecule has 0 spiro atoms. The lowest BCUT2D eigenvalue weighted by Gasteiger charge is -2.22. The van der Waals surface area contributed by atoms with Crippen molar-refractivity contribution in [3.63, 3.8) is 0 Å². The van der Waals surface area contributed by atoms with Crippen LogP contribution < -0.4 is 15.5 Å². The van der Waals surface area contributed by atoms with Crippen LogP contribution in [0.4, 0.5) is 23.1 Å². The van der Waals surface area contributed by atoms with Crippen molar-refractivity contribution in [2.75, 3.05) is 28.6 Å². The van der Waals surface area contributed by atoms with E-state index >= 15 is 0 Å². The summed E-state index contributed by atoms with van der Waals surface area (Å²) in [5, 5.41) is 7.07. The van der Waals surface area contributed by atoms with Crippen LogP contribution >= 0.6 is 0 Å². The first-order valence-electron chi connectivity index (χ1n) is 8.77. The minimum Gasteiger partial charge on any atom is -0.356 e. The molecule has 0 atom stereocenters. The predicted molar refractivity (Wildman–Crippen MR) is 107 cm³/mol. The van der Waals surface area contributed by atoms with E-state index < -0.39 is 0 Å². The highest BCUT2D eigenvalue weighted by Crippen LogP contribution is 2.27. The van der Waals surface area contributed by atoms with Gasteiger partial charge in [-0.2, -0.15) is 4.98 Å². The Labute approximate surface area is 153 Å². The van der Waals surface area contributed by atoms with Gasteiger partial charge in [0.05, 0.1) is 5.52 Å². The van der Waals surface area contributed by atoms with Crippen molar-refractivity contribution in [1.29, 1.82) is 0 Å². The van der Waals surface area contributed by atoms with E-state index in [1.54, 1.807) is 0 Å². The first kappa shape index (κ1) is 17.7. The molecule has 0 unspecified atom stereocenters. The highest BCUT2D eigenvalue weighted by atomic mass is 16.1. The van der Waals surface area contributed by atoms with Gasteiger partial charge in [-0.05, 0) is 44.2 Å². The summed E-state index contributed by atoms with van der Waals surface area (Å²) in [4.78, 5) is 22.8. The molecule has 1 aromatic heterocycles. The number of amides is 1. The lowest BCUT2D eigenvalue weighted by atomic mass is 10.2. The molecule has 0 saturated heterocycles. The molecule has 3 aromatic rings. The monoisotopic (exact) mass is 349 g/mol. The average molecular weight is 349 g/mol. The Morgan fingerprint density at radius 1 is 1.00 bits per heavy atom. The zero-order valence-electron chi connectivity index (χ0n) is 15.3. The number of fused-ring (bicyclic) bond motifs is 1. The second-order valence-corrected chi connectivity index (χ2v) is 5.95. The number of hydrogen-bond donors (Lipinski definition) is 2. The number of carbonyl (C=O) groups excluding carboxylic acids is 1. The third-order valence-corrected chi connectivity index (χ3v) is 4.09. The molecule has 0 aliphatic rings. The van der Waals surface area contributed by atoms with Crippen molar-refractivity contribution in [2.45, 2.75) is 20.8 Å². The molecule has 6 heteroatoms. The number of carbonyl (C=O) groups is 1. The first-order chi connectivity index (χ1) is 12.6. The molecular formula is C20H23N5O. The summed E-state index contributed by atoms with van der Waals surface area (Å²) < 4.78 is 0. The van der Waals surface area contributed by atoms with E-state index in [0.29, 0.717) is 5.95 Å². The molecule has 2 N–H and O–H groups in total. The maximum Gasteiger partial charge on any atom is 0.229 e. The normalized spacial score (nSPS) is 10.6. The summed E-state index contributed by atoms with van der Waals surface area (Å²) in [6.07, 6.45) is 0. The van der Waals surface area contributed by atoms with Gasteiger partial charge < -0.3 is 15.5 Å². The van der Waals surface area contributed by atoms with Crippen molar-refractivity contribution in [3.8, 4) is 0 Å². The first-order valence-corrected chi connectivity index (χ1v) is 8.77. The van der Waals surface area contributed by atoms with E-state index in [4.69, 9.17) is 4.98 Å². The largest absolute Gasteiger partial charge is 0.356 e. The van der Waals surface area contributed by atoms with E-state index in [1.165, 1.54) is 6.92 Å². The Hall–Kier alpha value is -3.15. The molecule has 0 fully saturated rings. The van der Waals surface area contributed by atoms with Crippen molar-refractivity contribution < 1.29 is 4.79 Å². The van der Waals surface area contributed by atoms with Crippen molar-refractivity contribution in [2.24, 2.45) is 0 Å². The number of aromatic nitrogens is 2.